The maximum absolute atomic E-state index is 12.3. The molecule has 2 aromatic rings. The summed E-state index contributed by atoms with van der Waals surface area (Å²) >= 11 is 0.947. The maximum atomic E-state index is 12.3. The molecule has 1 aromatic carbocycles. The number of ether oxygens (including phenoxy) is 1. The molecule has 0 bridgehead atoms. The molecule has 0 radical (unpaired) electrons. The van der Waals surface area contributed by atoms with Crippen LogP contribution in [0.5, 0.6) is 0 Å². The van der Waals surface area contributed by atoms with E-state index in [1.807, 2.05) is 18.2 Å². The second-order valence-corrected chi connectivity index (χ2v) is 7.23. The van der Waals surface area contributed by atoms with Crippen molar-refractivity contribution in [2.45, 2.75) is 10.6 Å². The van der Waals surface area contributed by atoms with Crippen molar-refractivity contribution in [3.63, 3.8) is 0 Å². The molecule has 21 heavy (non-hydrogen) atoms. The fraction of sp³-hybridized carbons (Fsp3) is 0.214. The summed E-state index contributed by atoms with van der Waals surface area (Å²) in [5.41, 5.74) is 1.39. The van der Waals surface area contributed by atoms with Crippen LogP contribution in [0.3, 0.4) is 0 Å². The first-order valence-corrected chi connectivity index (χ1v) is 8.46. The van der Waals surface area contributed by atoms with Gasteiger partial charge in [-0.25, -0.2) is 8.42 Å². The van der Waals surface area contributed by atoms with Crippen LogP contribution in [0.1, 0.15) is 10.4 Å². The van der Waals surface area contributed by atoms with E-state index in [4.69, 9.17) is 10.00 Å². The first-order valence-electron chi connectivity index (χ1n) is 6.16. The van der Waals surface area contributed by atoms with Crippen LogP contribution < -0.4 is 4.72 Å². The van der Waals surface area contributed by atoms with Crippen molar-refractivity contribution in [1.82, 2.24) is 0 Å². The minimum Gasteiger partial charge on any atom is -0.384 e. The summed E-state index contributed by atoms with van der Waals surface area (Å²) in [6.45, 7) is 0.510. The van der Waals surface area contributed by atoms with E-state index in [2.05, 4.69) is 4.72 Å². The number of nitrogens with one attached hydrogen (secondary N) is 1. The van der Waals surface area contributed by atoms with Crippen LogP contribution in [0.4, 0.5) is 5.69 Å². The Bertz CT molecular complexity index is 761. The Kier molecular flexibility index (Phi) is 4.96. The second-order valence-electron chi connectivity index (χ2n) is 4.24. The number of rotatable bonds is 6. The highest BCUT2D eigenvalue weighted by molar-refractivity contribution is 7.94. The van der Waals surface area contributed by atoms with Crippen molar-refractivity contribution in [1.29, 1.82) is 5.26 Å². The number of sulfonamides is 1. The van der Waals surface area contributed by atoms with E-state index in [0.29, 0.717) is 23.6 Å². The van der Waals surface area contributed by atoms with Crippen molar-refractivity contribution in [2.24, 2.45) is 0 Å². The summed E-state index contributed by atoms with van der Waals surface area (Å²) in [4.78, 5) is 0.364. The smallest absolute Gasteiger partial charge is 0.271 e. The molecule has 2 rings (SSSR count). The van der Waals surface area contributed by atoms with Gasteiger partial charge in [-0.15, -0.1) is 11.3 Å². The predicted octanol–water partition coefficient (Wildman–Crippen LogP) is 2.61. The van der Waals surface area contributed by atoms with Gasteiger partial charge in [0, 0.05) is 7.11 Å². The standard InChI is InChI=1S/C14H14N2O3S2/c1-19-9-8-11-4-2-3-5-13(11)16-21(17,18)14-7-6-12(10-15)20-14/h2-7,16H,8-9H2,1H3. The topological polar surface area (TPSA) is 79.2 Å². The summed E-state index contributed by atoms with van der Waals surface area (Å²) in [5.74, 6) is 0. The Labute approximate surface area is 127 Å². The number of anilines is 1. The minimum atomic E-state index is -3.67. The number of thiophene rings is 1. The third kappa shape index (κ3) is 3.82. The summed E-state index contributed by atoms with van der Waals surface area (Å²) in [5, 5.41) is 8.78. The van der Waals surface area contributed by atoms with Crippen molar-refractivity contribution in [3.05, 3.63) is 46.8 Å². The molecule has 0 aliphatic heterocycles. The number of benzene rings is 1. The molecular weight excluding hydrogens is 308 g/mol. The normalized spacial score (nSPS) is 11.0. The summed E-state index contributed by atoms with van der Waals surface area (Å²) in [7, 11) is -2.07. The van der Waals surface area contributed by atoms with Gasteiger partial charge in [0.05, 0.1) is 12.3 Å². The molecule has 0 aliphatic rings. The van der Waals surface area contributed by atoms with E-state index in [-0.39, 0.29) is 4.21 Å². The lowest BCUT2D eigenvalue weighted by Crippen LogP contribution is -2.13. The fourth-order valence-electron chi connectivity index (χ4n) is 1.77. The van der Waals surface area contributed by atoms with Crippen LogP contribution in [-0.2, 0) is 21.2 Å². The number of methoxy groups -OCH3 is 1. The van der Waals surface area contributed by atoms with Crippen LogP contribution in [0.25, 0.3) is 0 Å². The zero-order valence-electron chi connectivity index (χ0n) is 11.4. The Morgan fingerprint density at radius 1 is 1.29 bits per heavy atom. The zero-order valence-corrected chi connectivity index (χ0v) is 13.0. The second kappa shape index (κ2) is 6.72. The van der Waals surface area contributed by atoms with E-state index < -0.39 is 10.0 Å². The first-order chi connectivity index (χ1) is 10.1. The quantitative estimate of drug-likeness (QED) is 0.886. The number of hydrogen-bond acceptors (Lipinski definition) is 5. The van der Waals surface area contributed by atoms with Crippen molar-refractivity contribution in [3.8, 4) is 6.07 Å². The lowest BCUT2D eigenvalue weighted by Gasteiger charge is -2.11. The first kappa shape index (κ1) is 15.5. The molecule has 0 saturated carbocycles. The average Bonchev–Trinajstić information content (AvgIpc) is 2.96. The van der Waals surface area contributed by atoms with E-state index in [1.54, 1.807) is 19.2 Å². The van der Waals surface area contributed by atoms with Crippen molar-refractivity contribution < 1.29 is 13.2 Å². The number of para-hydroxylation sites is 1. The maximum Gasteiger partial charge on any atom is 0.271 e. The van der Waals surface area contributed by atoms with Crippen LogP contribution in [0.15, 0.2) is 40.6 Å². The molecule has 1 N–H and O–H groups in total. The third-order valence-corrected chi connectivity index (χ3v) is 5.64. The van der Waals surface area contributed by atoms with Gasteiger partial charge in [0.1, 0.15) is 15.2 Å². The molecule has 110 valence electrons. The molecule has 0 aliphatic carbocycles. The fourth-order valence-corrected chi connectivity index (χ4v) is 3.97. The molecule has 1 aromatic heterocycles. The monoisotopic (exact) mass is 322 g/mol. The minimum absolute atomic E-state index is 0.126. The number of nitrogens with zero attached hydrogens (tertiary/aromatic N) is 1. The molecule has 0 unspecified atom stereocenters. The Morgan fingerprint density at radius 2 is 2.05 bits per heavy atom. The lowest BCUT2D eigenvalue weighted by molar-refractivity contribution is 0.202. The SMILES string of the molecule is COCCc1ccccc1NS(=O)(=O)c1ccc(C#N)s1. The summed E-state index contributed by atoms with van der Waals surface area (Å²) in [6, 6.07) is 12.0. The van der Waals surface area contributed by atoms with Gasteiger partial charge in [0.15, 0.2) is 0 Å². The Balaban J connectivity index is 2.26. The highest BCUT2D eigenvalue weighted by Crippen LogP contribution is 2.25. The van der Waals surface area contributed by atoms with Gasteiger partial charge in [-0.3, -0.25) is 4.72 Å². The van der Waals surface area contributed by atoms with Gasteiger partial charge in [-0.05, 0) is 30.2 Å². The van der Waals surface area contributed by atoms with Gasteiger partial charge in [-0.2, -0.15) is 5.26 Å². The molecule has 0 spiro atoms. The van der Waals surface area contributed by atoms with Crippen molar-refractivity contribution in [2.75, 3.05) is 18.4 Å². The van der Waals surface area contributed by atoms with Gasteiger partial charge in [0.25, 0.3) is 10.0 Å². The van der Waals surface area contributed by atoms with E-state index in [9.17, 15) is 8.42 Å². The number of nitriles is 1. The Morgan fingerprint density at radius 3 is 2.71 bits per heavy atom. The predicted molar refractivity (Wildman–Crippen MR) is 81.9 cm³/mol. The van der Waals surface area contributed by atoms with Crippen LogP contribution >= 0.6 is 11.3 Å². The van der Waals surface area contributed by atoms with E-state index >= 15 is 0 Å². The zero-order chi connectivity index (χ0) is 15.3. The number of hydrogen-bond donors (Lipinski definition) is 1. The van der Waals surface area contributed by atoms with Gasteiger partial charge in [-0.1, -0.05) is 18.2 Å². The average molecular weight is 322 g/mol. The lowest BCUT2D eigenvalue weighted by atomic mass is 10.1. The molecule has 1 heterocycles. The third-order valence-electron chi connectivity index (χ3n) is 2.79. The highest BCUT2D eigenvalue weighted by atomic mass is 32.2. The van der Waals surface area contributed by atoms with E-state index in [1.165, 1.54) is 12.1 Å². The molecule has 0 amide bonds. The van der Waals surface area contributed by atoms with Crippen LogP contribution in [0, 0.1) is 11.3 Å². The van der Waals surface area contributed by atoms with Gasteiger partial charge >= 0.3 is 0 Å². The highest BCUT2D eigenvalue weighted by Gasteiger charge is 2.18. The largest absolute Gasteiger partial charge is 0.384 e. The summed E-state index contributed by atoms with van der Waals surface area (Å²) in [6.07, 6.45) is 0.614. The van der Waals surface area contributed by atoms with E-state index in [0.717, 1.165) is 16.9 Å². The molecule has 7 heteroatoms. The molecule has 0 saturated heterocycles. The van der Waals surface area contributed by atoms with Gasteiger partial charge in [0.2, 0.25) is 0 Å². The molecular formula is C14H14N2O3S2. The molecule has 5 nitrogen and oxygen atoms in total. The molecule has 0 atom stereocenters. The molecule has 0 fully saturated rings. The van der Waals surface area contributed by atoms with Crippen LogP contribution in [0.2, 0.25) is 0 Å². The van der Waals surface area contributed by atoms with Crippen molar-refractivity contribution >= 4 is 27.0 Å². The van der Waals surface area contributed by atoms with Crippen LogP contribution in [-0.4, -0.2) is 22.1 Å². The summed E-state index contributed by atoms with van der Waals surface area (Å²) < 4.78 is 32.3. The van der Waals surface area contributed by atoms with Gasteiger partial charge < -0.3 is 4.74 Å². The Hall–Kier alpha value is -1.88.